The minimum absolute atomic E-state index is 0.134. The van der Waals surface area contributed by atoms with Crippen LogP contribution in [0.3, 0.4) is 0 Å². The van der Waals surface area contributed by atoms with Crippen molar-refractivity contribution in [2.75, 3.05) is 13.7 Å². The number of pyridine rings is 1. The summed E-state index contributed by atoms with van der Waals surface area (Å²) in [7, 11) is 1.40. The van der Waals surface area contributed by atoms with Gasteiger partial charge in [-0.05, 0) is 42.5 Å². The Labute approximate surface area is 193 Å². The van der Waals surface area contributed by atoms with E-state index in [1.807, 2.05) is 30.3 Å². The molecular weight excluding hydrogens is 454 g/mol. The molecule has 2 amide bonds. The van der Waals surface area contributed by atoms with Crippen molar-refractivity contribution in [3.8, 4) is 5.75 Å². The molecule has 2 aromatic carbocycles. The van der Waals surface area contributed by atoms with Gasteiger partial charge >= 0.3 is 5.97 Å². The maximum Gasteiger partial charge on any atom is 0.341 e. The quantitative estimate of drug-likeness (QED) is 0.401. The van der Waals surface area contributed by atoms with Gasteiger partial charge in [0.2, 0.25) is 0 Å². The Hall–Kier alpha value is -3.56. The molecule has 0 unspecified atom stereocenters. The Balaban J connectivity index is 1.55. The molecule has 3 rings (SSSR count). The zero-order valence-electron chi connectivity index (χ0n) is 16.8. The molecule has 3 aromatic rings. The van der Waals surface area contributed by atoms with Gasteiger partial charge in [-0.3, -0.25) is 20.4 Å². The Morgan fingerprint density at radius 1 is 1.00 bits per heavy atom. The standard InChI is InChI=1S/C22H18ClN3O5S/c1-30-18-10-9-14(23)12-17(18)20(28)26-25-19(27)13-31-22(29)16-8-5-11-24-21(16)32-15-6-3-2-4-7-15/h2-12H,13H2,1H3,(H,25,27)(H,26,28). The van der Waals surface area contributed by atoms with E-state index in [0.29, 0.717) is 10.0 Å². The summed E-state index contributed by atoms with van der Waals surface area (Å²) >= 11 is 7.20. The number of nitrogens with one attached hydrogen (secondary N) is 2. The lowest BCUT2D eigenvalue weighted by Crippen LogP contribution is -2.43. The SMILES string of the molecule is COc1ccc(Cl)cc1C(=O)NNC(=O)COC(=O)c1cccnc1Sc1ccccc1. The van der Waals surface area contributed by atoms with Crippen LogP contribution in [0.2, 0.25) is 5.02 Å². The molecule has 2 N–H and O–H groups in total. The van der Waals surface area contributed by atoms with Gasteiger partial charge < -0.3 is 9.47 Å². The van der Waals surface area contributed by atoms with Crippen LogP contribution in [-0.4, -0.2) is 36.5 Å². The lowest BCUT2D eigenvalue weighted by Gasteiger charge is -2.11. The van der Waals surface area contributed by atoms with E-state index in [-0.39, 0.29) is 16.9 Å². The number of aromatic nitrogens is 1. The van der Waals surface area contributed by atoms with Crippen LogP contribution in [0.5, 0.6) is 5.75 Å². The highest BCUT2D eigenvalue weighted by molar-refractivity contribution is 7.99. The van der Waals surface area contributed by atoms with E-state index >= 15 is 0 Å². The lowest BCUT2D eigenvalue weighted by molar-refractivity contribution is -0.125. The summed E-state index contributed by atoms with van der Waals surface area (Å²) in [5, 5.41) is 0.780. The fourth-order valence-corrected chi connectivity index (χ4v) is 3.59. The van der Waals surface area contributed by atoms with Crippen LogP contribution in [0.4, 0.5) is 0 Å². The van der Waals surface area contributed by atoms with Crippen LogP contribution in [0.15, 0.2) is 76.8 Å². The number of esters is 1. The molecule has 10 heteroatoms. The molecule has 0 aliphatic rings. The number of carbonyl (C=O) groups excluding carboxylic acids is 3. The molecule has 0 atom stereocenters. The summed E-state index contributed by atoms with van der Waals surface area (Å²) < 4.78 is 10.2. The first kappa shape index (κ1) is 23.1. The van der Waals surface area contributed by atoms with Gasteiger partial charge in [0.15, 0.2) is 6.61 Å². The van der Waals surface area contributed by atoms with Crippen molar-refractivity contribution in [2.24, 2.45) is 0 Å². The van der Waals surface area contributed by atoms with E-state index < -0.39 is 24.4 Å². The third-order valence-electron chi connectivity index (χ3n) is 4.00. The third kappa shape index (κ3) is 6.22. The van der Waals surface area contributed by atoms with Gasteiger partial charge in [0.05, 0.1) is 18.2 Å². The van der Waals surface area contributed by atoms with Crippen LogP contribution < -0.4 is 15.6 Å². The highest BCUT2D eigenvalue weighted by Gasteiger charge is 2.17. The van der Waals surface area contributed by atoms with Crippen LogP contribution >= 0.6 is 23.4 Å². The topological polar surface area (TPSA) is 107 Å². The van der Waals surface area contributed by atoms with Gasteiger partial charge in [0.1, 0.15) is 10.8 Å². The first-order valence-corrected chi connectivity index (χ1v) is 10.4. The van der Waals surface area contributed by atoms with Crippen LogP contribution in [0.1, 0.15) is 20.7 Å². The van der Waals surface area contributed by atoms with Crippen molar-refractivity contribution < 1.29 is 23.9 Å². The Morgan fingerprint density at radius 3 is 2.53 bits per heavy atom. The molecule has 0 bridgehead atoms. The molecule has 0 aliphatic heterocycles. The second kappa shape index (κ2) is 11.2. The summed E-state index contributed by atoms with van der Waals surface area (Å²) in [5.74, 6) is -1.80. The summed E-state index contributed by atoms with van der Waals surface area (Å²) in [6, 6.07) is 17.1. The average Bonchev–Trinajstić information content (AvgIpc) is 2.82. The van der Waals surface area contributed by atoms with Crippen molar-refractivity contribution in [1.29, 1.82) is 0 Å². The van der Waals surface area contributed by atoms with E-state index in [0.717, 1.165) is 4.90 Å². The number of ether oxygens (including phenoxy) is 2. The van der Waals surface area contributed by atoms with E-state index in [1.165, 1.54) is 31.0 Å². The van der Waals surface area contributed by atoms with E-state index in [2.05, 4.69) is 15.8 Å². The first-order valence-electron chi connectivity index (χ1n) is 9.25. The van der Waals surface area contributed by atoms with Crippen molar-refractivity contribution in [3.63, 3.8) is 0 Å². The molecule has 0 aliphatic carbocycles. The van der Waals surface area contributed by atoms with Crippen molar-refractivity contribution in [1.82, 2.24) is 15.8 Å². The highest BCUT2D eigenvalue weighted by atomic mass is 35.5. The second-order valence-corrected chi connectivity index (χ2v) is 7.69. The summed E-state index contributed by atoms with van der Waals surface area (Å²) in [6.45, 7) is -0.601. The molecule has 0 saturated carbocycles. The minimum atomic E-state index is -0.728. The lowest BCUT2D eigenvalue weighted by atomic mass is 10.2. The number of methoxy groups -OCH3 is 1. The van der Waals surface area contributed by atoms with Gasteiger partial charge in [-0.2, -0.15) is 0 Å². The molecular formula is C22H18ClN3O5S. The normalized spacial score (nSPS) is 10.2. The molecule has 0 fully saturated rings. The number of benzene rings is 2. The number of amides is 2. The fourth-order valence-electron chi connectivity index (χ4n) is 2.52. The Bertz CT molecular complexity index is 1130. The fraction of sp³-hybridized carbons (Fsp3) is 0.0909. The Kier molecular flexibility index (Phi) is 8.07. The predicted octanol–water partition coefficient (Wildman–Crippen LogP) is 3.51. The largest absolute Gasteiger partial charge is 0.496 e. The Morgan fingerprint density at radius 2 is 1.78 bits per heavy atom. The van der Waals surface area contributed by atoms with Crippen molar-refractivity contribution >= 4 is 41.1 Å². The third-order valence-corrected chi connectivity index (χ3v) is 5.27. The maximum atomic E-state index is 12.5. The predicted molar refractivity (Wildman–Crippen MR) is 119 cm³/mol. The molecule has 0 saturated heterocycles. The monoisotopic (exact) mass is 471 g/mol. The van der Waals surface area contributed by atoms with E-state index in [9.17, 15) is 14.4 Å². The maximum absolute atomic E-state index is 12.5. The van der Waals surface area contributed by atoms with E-state index in [4.69, 9.17) is 21.1 Å². The van der Waals surface area contributed by atoms with Gasteiger partial charge in [0.25, 0.3) is 11.8 Å². The molecule has 0 radical (unpaired) electrons. The molecule has 1 heterocycles. The van der Waals surface area contributed by atoms with Crippen LogP contribution in [-0.2, 0) is 9.53 Å². The number of hydrogen-bond donors (Lipinski definition) is 2. The molecule has 0 spiro atoms. The number of hydrazine groups is 1. The highest BCUT2D eigenvalue weighted by Crippen LogP contribution is 2.28. The average molecular weight is 472 g/mol. The van der Waals surface area contributed by atoms with Crippen LogP contribution in [0.25, 0.3) is 0 Å². The van der Waals surface area contributed by atoms with Crippen molar-refractivity contribution in [2.45, 2.75) is 9.92 Å². The number of carbonyl (C=O) groups is 3. The molecule has 1 aromatic heterocycles. The molecule has 164 valence electrons. The van der Waals surface area contributed by atoms with Crippen LogP contribution in [0, 0.1) is 0 Å². The van der Waals surface area contributed by atoms with Crippen molar-refractivity contribution in [3.05, 3.63) is 83.0 Å². The van der Waals surface area contributed by atoms with Gasteiger partial charge in [0, 0.05) is 16.1 Å². The number of hydrogen-bond acceptors (Lipinski definition) is 7. The summed E-state index contributed by atoms with van der Waals surface area (Å²) in [4.78, 5) is 41.9. The van der Waals surface area contributed by atoms with Gasteiger partial charge in [-0.1, -0.05) is 41.6 Å². The molecule has 32 heavy (non-hydrogen) atoms. The van der Waals surface area contributed by atoms with Gasteiger partial charge in [-0.25, -0.2) is 9.78 Å². The zero-order chi connectivity index (χ0) is 22.9. The zero-order valence-corrected chi connectivity index (χ0v) is 18.4. The summed E-state index contributed by atoms with van der Waals surface area (Å²) in [6.07, 6.45) is 1.56. The van der Waals surface area contributed by atoms with Gasteiger partial charge in [-0.15, -0.1) is 0 Å². The number of rotatable bonds is 7. The minimum Gasteiger partial charge on any atom is -0.496 e. The van der Waals surface area contributed by atoms with E-state index in [1.54, 1.807) is 24.4 Å². The molecule has 8 nitrogen and oxygen atoms in total. The summed E-state index contributed by atoms with van der Waals surface area (Å²) in [5.41, 5.74) is 4.76. The number of halogens is 1. The smallest absolute Gasteiger partial charge is 0.341 e. The number of nitrogens with zero attached hydrogens (tertiary/aromatic N) is 1. The first-order chi connectivity index (χ1) is 15.5. The second-order valence-electron chi connectivity index (χ2n) is 6.19.